The molecule has 0 unspecified atom stereocenters. The second-order valence-electron chi connectivity index (χ2n) is 4.65. The zero-order valence-electron chi connectivity index (χ0n) is 10.9. The molecule has 3 heteroatoms. The van der Waals surface area contributed by atoms with Crippen molar-refractivity contribution in [3.8, 4) is 6.07 Å². The molecule has 0 saturated heterocycles. The molecule has 2 atom stereocenters. The van der Waals surface area contributed by atoms with E-state index in [9.17, 15) is 5.26 Å². The van der Waals surface area contributed by atoms with Crippen LogP contribution in [0.3, 0.4) is 0 Å². The number of halogens is 1. The number of nitriles is 1. The van der Waals surface area contributed by atoms with Crippen LogP contribution in [0.1, 0.15) is 24.8 Å². The molecule has 19 heavy (non-hydrogen) atoms. The minimum absolute atomic E-state index is 0.218. The topological polar surface area (TPSA) is 35.8 Å². The van der Waals surface area contributed by atoms with Crippen molar-refractivity contribution in [3.63, 3.8) is 0 Å². The van der Waals surface area contributed by atoms with Gasteiger partial charge in [0, 0.05) is 4.47 Å². The molecule has 1 aromatic rings. The molecule has 0 fully saturated rings. The lowest BCUT2D eigenvalue weighted by Gasteiger charge is -2.37. The third-order valence-electron chi connectivity index (χ3n) is 3.46. The molecule has 1 aromatic carbocycles. The van der Waals surface area contributed by atoms with Crippen LogP contribution in [0.2, 0.25) is 0 Å². The van der Waals surface area contributed by atoms with Gasteiger partial charge in [-0.15, -0.1) is 0 Å². The van der Waals surface area contributed by atoms with Crippen LogP contribution in [-0.4, -0.2) is 12.1 Å². The molecule has 98 valence electrons. The summed E-state index contributed by atoms with van der Waals surface area (Å²) in [7, 11) is 0. The van der Waals surface area contributed by atoms with E-state index in [4.69, 9.17) is 0 Å². The lowest BCUT2D eigenvalue weighted by Crippen LogP contribution is -2.48. The van der Waals surface area contributed by atoms with Crippen LogP contribution < -0.4 is 5.32 Å². The number of allylic oxidation sites excluding steroid dienone is 2. The summed E-state index contributed by atoms with van der Waals surface area (Å²) in [6.07, 6.45) is 9.11. The van der Waals surface area contributed by atoms with Gasteiger partial charge in [-0.05, 0) is 24.6 Å². The summed E-state index contributed by atoms with van der Waals surface area (Å²) in [6, 6.07) is 10.4. The molecule has 1 N–H and O–H groups in total. The maximum atomic E-state index is 9.68. The molecule has 0 radical (unpaired) electrons. The molecule has 2 nitrogen and oxygen atoms in total. The third-order valence-corrected chi connectivity index (χ3v) is 4.18. The third kappa shape index (κ3) is 2.80. The van der Waals surface area contributed by atoms with Gasteiger partial charge in [0.15, 0.2) is 0 Å². The highest BCUT2D eigenvalue weighted by Crippen LogP contribution is 2.37. The van der Waals surface area contributed by atoms with E-state index in [1.807, 2.05) is 36.4 Å². The summed E-state index contributed by atoms with van der Waals surface area (Å²) >= 11 is 3.56. The van der Waals surface area contributed by atoms with E-state index in [1.54, 1.807) is 0 Å². The van der Waals surface area contributed by atoms with Crippen molar-refractivity contribution in [2.24, 2.45) is 0 Å². The molecule has 0 aromatic heterocycles. The number of likely N-dealkylation sites (N-methyl/N-ethyl adjacent to an activating group) is 1. The lowest BCUT2D eigenvalue weighted by molar-refractivity contribution is 0.379. The van der Waals surface area contributed by atoms with E-state index in [-0.39, 0.29) is 11.5 Å². The van der Waals surface area contributed by atoms with Crippen LogP contribution in [0.25, 0.3) is 0 Å². The maximum absolute atomic E-state index is 9.68. The normalized spacial score (nSPS) is 23.0. The summed E-state index contributed by atoms with van der Waals surface area (Å²) in [5.74, 6) is -0.218. The summed E-state index contributed by atoms with van der Waals surface area (Å²) < 4.78 is 0.988. The minimum Gasteiger partial charge on any atom is -0.307 e. The van der Waals surface area contributed by atoms with Crippen molar-refractivity contribution < 1.29 is 0 Å². The number of rotatable bonds is 4. The summed E-state index contributed by atoms with van der Waals surface area (Å²) in [4.78, 5) is 0. The summed E-state index contributed by atoms with van der Waals surface area (Å²) in [5.41, 5.74) is 0.716. The first-order valence-corrected chi connectivity index (χ1v) is 7.26. The van der Waals surface area contributed by atoms with Crippen LogP contribution in [0.4, 0.5) is 0 Å². The maximum Gasteiger partial charge on any atom is 0.0944 e. The lowest BCUT2D eigenvalue weighted by atomic mass is 9.76. The Kier molecular flexibility index (Phi) is 4.57. The first kappa shape index (κ1) is 14.0. The highest BCUT2D eigenvalue weighted by atomic mass is 79.9. The van der Waals surface area contributed by atoms with Gasteiger partial charge in [0.2, 0.25) is 0 Å². The smallest absolute Gasteiger partial charge is 0.0944 e. The van der Waals surface area contributed by atoms with E-state index in [1.165, 1.54) is 0 Å². The van der Waals surface area contributed by atoms with Gasteiger partial charge < -0.3 is 5.32 Å². The Bertz CT molecular complexity index is 542. The van der Waals surface area contributed by atoms with Gasteiger partial charge in [-0.2, -0.15) is 5.26 Å². The average molecular weight is 317 g/mol. The first-order chi connectivity index (χ1) is 9.23. The second-order valence-corrected chi connectivity index (χ2v) is 5.50. The number of hydrogen-bond donors (Lipinski definition) is 1. The number of hydrogen-bond acceptors (Lipinski definition) is 2. The van der Waals surface area contributed by atoms with Crippen LogP contribution in [0, 0.1) is 11.3 Å². The second kappa shape index (κ2) is 6.18. The fraction of sp³-hybridized carbons (Fsp3) is 0.312. The van der Waals surface area contributed by atoms with Gasteiger partial charge >= 0.3 is 0 Å². The van der Waals surface area contributed by atoms with E-state index in [0.717, 1.165) is 23.0 Å². The monoisotopic (exact) mass is 316 g/mol. The fourth-order valence-corrected chi connectivity index (χ4v) is 3.10. The Morgan fingerprint density at radius 3 is 2.79 bits per heavy atom. The van der Waals surface area contributed by atoms with Gasteiger partial charge in [0.1, 0.15) is 0 Å². The van der Waals surface area contributed by atoms with Gasteiger partial charge in [-0.3, -0.25) is 0 Å². The Balaban J connectivity index is 2.45. The quantitative estimate of drug-likeness (QED) is 0.913. The molecule has 1 aliphatic carbocycles. The predicted molar refractivity (Wildman–Crippen MR) is 81.8 cm³/mol. The van der Waals surface area contributed by atoms with E-state index >= 15 is 0 Å². The molecule has 0 spiro atoms. The average Bonchev–Trinajstić information content (AvgIpc) is 2.43. The van der Waals surface area contributed by atoms with Crippen LogP contribution in [0.5, 0.6) is 0 Å². The van der Waals surface area contributed by atoms with Crippen molar-refractivity contribution in [2.45, 2.75) is 24.8 Å². The van der Waals surface area contributed by atoms with Crippen molar-refractivity contribution in [1.29, 1.82) is 5.26 Å². The molecular weight excluding hydrogens is 300 g/mol. The van der Waals surface area contributed by atoms with Gasteiger partial charge in [-0.1, -0.05) is 65.4 Å². The summed E-state index contributed by atoms with van der Waals surface area (Å²) in [6.45, 7) is 2.91. The van der Waals surface area contributed by atoms with Gasteiger partial charge in [0.25, 0.3) is 0 Å². The first-order valence-electron chi connectivity index (χ1n) is 6.47. The standard InChI is InChI=1S/C16H17BrN2/c1-2-19-16(10-6-3-7-11-16)14(12-18)13-8-4-5-9-15(13)17/h3-10,14,19H,2,11H2,1H3/t14-,16-/m0/s1. The summed E-state index contributed by atoms with van der Waals surface area (Å²) in [5, 5.41) is 13.2. The molecule has 0 amide bonds. The SMILES string of the molecule is CCN[C@@]1([C@@H](C#N)c2ccccc2Br)C=CC=CC1. The van der Waals surface area contributed by atoms with Gasteiger partial charge in [-0.25, -0.2) is 0 Å². The predicted octanol–water partition coefficient (Wildman–Crippen LogP) is 3.92. The van der Waals surface area contributed by atoms with Crippen molar-refractivity contribution >= 4 is 15.9 Å². The van der Waals surface area contributed by atoms with Crippen LogP contribution in [0.15, 0.2) is 53.0 Å². The Hall–Kier alpha value is -1.37. The number of nitrogens with one attached hydrogen (secondary N) is 1. The minimum atomic E-state index is -0.317. The zero-order chi connectivity index (χ0) is 13.7. The van der Waals surface area contributed by atoms with E-state index in [2.05, 4.69) is 46.4 Å². The highest BCUT2D eigenvalue weighted by Gasteiger charge is 2.37. The Morgan fingerprint density at radius 2 is 2.21 bits per heavy atom. The molecule has 0 aliphatic heterocycles. The molecule has 1 aliphatic rings. The molecule has 0 bridgehead atoms. The van der Waals surface area contributed by atoms with Crippen molar-refractivity contribution in [2.75, 3.05) is 6.54 Å². The molecular formula is C16H17BrN2. The zero-order valence-corrected chi connectivity index (χ0v) is 12.5. The number of benzene rings is 1. The van der Waals surface area contributed by atoms with E-state index in [0.29, 0.717) is 0 Å². The fourth-order valence-electron chi connectivity index (χ4n) is 2.58. The van der Waals surface area contributed by atoms with Crippen molar-refractivity contribution in [3.05, 3.63) is 58.6 Å². The Labute approximate surface area is 123 Å². The van der Waals surface area contributed by atoms with Crippen LogP contribution in [-0.2, 0) is 0 Å². The highest BCUT2D eigenvalue weighted by molar-refractivity contribution is 9.10. The Morgan fingerprint density at radius 1 is 1.42 bits per heavy atom. The molecule has 2 rings (SSSR count). The van der Waals surface area contributed by atoms with Crippen molar-refractivity contribution in [1.82, 2.24) is 5.32 Å². The van der Waals surface area contributed by atoms with Crippen LogP contribution >= 0.6 is 15.9 Å². The molecule has 0 heterocycles. The van der Waals surface area contributed by atoms with Gasteiger partial charge in [0.05, 0.1) is 17.5 Å². The molecule has 0 saturated carbocycles. The largest absolute Gasteiger partial charge is 0.307 e. The number of nitrogens with zero attached hydrogens (tertiary/aromatic N) is 1. The van der Waals surface area contributed by atoms with E-state index < -0.39 is 0 Å².